The summed E-state index contributed by atoms with van der Waals surface area (Å²) in [6, 6.07) is 7.64. The fourth-order valence-corrected chi connectivity index (χ4v) is 2.79. The van der Waals surface area contributed by atoms with Crippen LogP contribution in [0.1, 0.15) is 26.7 Å². The van der Waals surface area contributed by atoms with Crippen LogP contribution in [0.15, 0.2) is 24.3 Å². The predicted octanol–water partition coefficient (Wildman–Crippen LogP) is 3.21. The summed E-state index contributed by atoms with van der Waals surface area (Å²) >= 11 is 1.39. The number of thiazole rings is 1. The van der Waals surface area contributed by atoms with Crippen molar-refractivity contribution in [1.29, 1.82) is 0 Å². The van der Waals surface area contributed by atoms with E-state index in [9.17, 15) is 9.59 Å². The van der Waals surface area contributed by atoms with Crippen LogP contribution in [0.5, 0.6) is 0 Å². The van der Waals surface area contributed by atoms with Crippen molar-refractivity contribution in [2.24, 2.45) is 5.92 Å². The van der Waals surface area contributed by atoms with Crippen LogP contribution < -0.4 is 5.32 Å². The second-order valence-electron chi connectivity index (χ2n) is 4.83. The van der Waals surface area contributed by atoms with Crippen LogP contribution in [0, 0.1) is 5.92 Å². The number of para-hydroxylation sites is 1. The summed E-state index contributed by atoms with van der Waals surface area (Å²) in [6.07, 6.45) is 1.67. The number of rotatable bonds is 6. The molecule has 1 aromatic heterocycles. The molecular weight excluding hydrogens is 288 g/mol. The minimum atomic E-state index is -0.369. The molecule has 1 amide bonds. The summed E-state index contributed by atoms with van der Waals surface area (Å²) in [4.78, 5) is 27.7. The number of aromatic nitrogens is 1. The number of hydrogen-bond acceptors (Lipinski definition) is 5. The van der Waals surface area contributed by atoms with E-state index in [0.29, 0.717) is 5.13 Å². The minimum absolute atomic E-state index is 0.176. The van der Waals surface area contributed by atoms with Crippen LogP contribution in [-0.4, -0.2) is 23.5 Å². The van der Waals surface area contributed by atoms with Gasteiger partial charge in [0.2, 0.25) is 0 Å². The quantitative estimate of drug-likeness (QED) is 0.832. The molecule has 0 bridgehead atoms. The zero-order chi connectivity index (χ0) is 15.2. The molecule has 2 aromatic rings. The monoisotopic (exact) mass is 306 g/mol. The van der Waals surface area contributed by atoms with Crippen LogP contribution in [0.4, 0.5) is 5.13 Å². The van der Waals surface area contributed by atoms with Gasteiger partial charge in [-0.25, -0.2) is 4.98 Å². The first-order valence-electron chi connectivity index (χ1n) is 6.92. The molecule has 1 aromatic carbocycles. The average Bonchev–Trinajstić information content (AvgIpc) is 2.87. The lowest BCUT2D eigenvalue weighted by atomic mass is 10.1. The maximum absolute atomic E-state index is 11.8. The van der Waals surface area contributed by atoms with E-state index in [4.69, 9.17) is 4.74 Å². The Morgan fingerprint density at radius 3 is 2.86 bits per heavy atom. The number of carbonyl (C=O) groups is 2. The lowest BCUT2D eigenvalue weighted by molar-refractivity contribution is -0.151. The first-order chi connectivity index (χ1) is 10.1. The summed E-state index contributed by atoms with van der Waals surface area (Å²) in [5, 5.41) is 3.16. The smallest absolute Gasteiger partial charge is 0.309 e. The van der Waals surface area contributed by atoms with Crippen LogP contribution in [0.3, 0.4) is 0 Å². The van der Waals surface area contributed by atoms with Gasteiger partial charge in [-0.3, -0.25) is 14.9 Å². The number of nitrogens with one attached hydrogen (secondary N) is 1. The second kappa shape index (κ2) is 7.17. The molecule has 5 nitrogen and oxygen atoms in total. The first kappa shape index (κ1) is 15.4. The number of nitrogens with zero attached hydrogens (tertiary/aromatic N) is 1. The predicted molar refractivity (Wildman–Crippen MR) is 83.3 cm³/mol. The molecule has 0 spiro atoms. The molecule has 0 saturated carbocycles. The lowest BCUT2D eigenvalue weighted by Gasteiger charge is -2.09. The molecule has 21 heavy (non-hydrogen) atoms. The van der Waals surface area contributed by atoms with E-state index < -0.39 is 0 Å². The number of amides is 1. The zero-order valence-corrected chi connectivity index (χ0v) is 12.9. The van der Waals surface area contributed by atoms with Gasteiger partial charge in [0.25, 0.3) is 5.91 Å². The second-order valence-corrected chi connectivity index (χ2v) is 5.86. The standard InChI is InChI=1S/C15H18N2O3S/c1-3-6-10(2)14(19)20-9-13(18)17-15-16-11-7-4-5-8-12(11)21-15/h4-5,7-8,10H,3,6,9H2,1-2H3,(H,16,17,18)/t10-/m0/s1. The van der Waals surface area contributed by atoms with Gasteiger partial charge in [-0.1, -0.05) is 43.7 Å². The highest BCUT2D eigenvalue weighted by Gasteiger charge is 2.15. The number of hydrogen-bond donors (Lipinski definition) is 1. The lowest BCUT2D eigenvalue weighted by Crippen LogP contribution is -2.23. The van der Waals surface area contributed by atoms with E-state index in [1.165, 1.54) is 11.3 Å². The van der Waals surface area contributed by atoms with E-state index in [1.54, 1.807) is 6.92 Å². The van der Waals surface area contributed by atoms with Gasteiger partial charge in [-0.05, 0) is 18.6 Å². The molecule has 2 rings (SSSR count). The average molecular weight is 306 g/mol. The highest BCUT2D eigenvalue weighted by atomic mass is 32.1. The Morgan fingerprint density at radius 1 is 1.38 bits per heavy atom. The Labute approximate surface area is 127 Å². The van der Waals surface area contributed by atoms with Gasteiger partial charge in [0, 0.05) is 0 Å². The molecule has 0 unspecified atom stereocenters. The van der Waals surface area contributed by atoms with Gasteiger partial charge in [0.05, 0.1) is 16.1 Å². The van der Waals surface area contributed by atoms with Gasteiger partial charge in [-0.2, -0.15) is 0 Å². The summed E-state index contributed by atoms with van der Waals surface area (Å²) in [5.74, 6) is -0.882. The third-order valence-corrected chi connectivity index (χ3v) is 3.96. The Hall–Kier alpha value is -1.95. The van der Waals surface area contributed by atoms with Gasteiger partial charge < -0.3 is 4.74 Å². The molecule has 1 heterocycles. The Balaban J connectivity index is 1.85. The minimum Gasteiger partial charge on any atom is -0.455 e. The van der Waals surface area contributed by atoms with Gasteiger partial charge in [0.15, 0.2) is 11.7 Å². The number of esters is 1. The summed E-state index contributed by atoms with van der Waals surface area (Å²) in [6.45, 7) is 3.53. The van der Waals surface area contributed by atoms with E-state index in [1.807, 2.05) is 31.2 Å². The third kappa shape index (κ3) is 4.26. The fraction of sp³-hybridized carbons (Fsp3) is 0.400. The Morgan fingerprint density at radius 2 is 2.14 bits per heavy atom. The first-order valence-corrected chi connectivity index (χ1v) is 7.74. The van der Waals surface area contributed by atoms with Crippen molar-refractivity contribution in [3.8, 4) is 0 Å². The molecule has 0 aliphatic carbocycles. The highest BCUT2D eigenvalue weighted by molar-refractivity contribution is 7.22. The zero-order valence-electron chi connectivity index (χ0n) is 12.1. The van der Waals surface area contributed by atoms with Crippen molar-refractivity contribution in [1.82, 2.24) is 4.98 Å². The SMILES string of the molecule is CCC[C@H](C)C(=O)OCC(=O)Nc1nc2ccccc2s1. The van der Waals surface area contributed by atoms with Crippen molar-refractivity contribution < 1.29 is 14.3 Å². The molecule has 0 aliphatic rings. The van der Waals surface area contributed by atoms with Crippen molar-refractivity contribution in [3.05, 3.63) is 24.3 Å². The van der Waals surface area contributed by atoms with E-state index in [-0.39, 0.29) is 24.4 Å². The van der Waals surface area contributed by atoms with Crippen molar-refractivity contribution in [2.45, 2.75) is 26.7 Å². The van der Waals surface area contributed by atoms with Crippen LogP contribution in [0.2, 0.25) is 0 Å². The van der Waals surface area contributed by atoms with Gasteiger partial charge >= 0.3 is 5.97 Å². The van der Waals surface area contributed by atoms with Crippen molar-refractivity contribution >= 4 is 38.6 Å². The van der Waals surface area contributed by atoms with Crippen molar-refractivity contribution in [3.63, 3.8) is 0 Å². The summed E-state index contributed by atoms with van der Waals surface area (Å²) < 4.78 is 5.99. The molecule has 0 radical (unpaired) electrons. The van der Waals surface area contributed by atoms with Crippen LogP contribution in [-0.2, 0) is 14.3 Å². The van der Waals surface area contributed by atoms with Crippen LogP contribution >= 0.6 is 11.3 Å². The molecule has 0 aliphatic heterocycles. The molecule has 1 atom stereocenters. The normalized spacial score (nSPS) is 12.1. The fourth-order valence-electron chi connectivity index (χ4n) is 1.91. The summed E-state index contributed by atoms with van der Waals surface area (Å²) in [5.41, 5.74) is 0.839. The largest absolute Gasteiger partial charge is 0.455 e. The van der Waals surface area contributed by atoms with E-state index in [2.05, 4.69) is 10.3 Å². The number of ether oxygens (including phenoxy) is 1. The Bertz CT molecular complexity index is 606. The van der Waals surface area contributed by atoms with Gasteiger partial charge in [-0.15, -0.1) is 0 Å². The van der Waals surface area contributed by atoms with Crippen LogP contribution in [0.25, 0.3) is 10.2 Å². The molecule has 112 valence electrons. The van der Waals surface area contributed by atoms with Crippen molar-refractivity contribution in [2.75, 3.05) is 11.9 Å². The number of fused-ring (bicyclic) bond motifs is 1. The summed E-state index contributed by atoms with van der Waals surface area (Å²) in [7, 11) is 0. The molecular formula is C15H18N2O3S. The molecule has 0 saturated heterocycles. The van der Waals surface area contributed by atoms with Gasteiger partial charge in [0.1, 0.15) is 0 Å². The molecule has 1 N–H and O–H groups in total. The third-order valence-electron chi connectivity index (χ3n) is 3.01. The number of benzene rings is 1. The number of carbonyl (C=O) groups excluding carboxylic acids is 2. The molecule has 0 fully saturated rings. The topological polar surface area (TPSA) is 68.3 Å². The highest BCUT2D eigenvalue weighted by Crippen LogP contribution is 2.25. The van der Waals surface area contributed by atoms with E-state index >= 15 is 0 Å². The van der Waals surface area contributed by atoms with E-state index in [0.717, 1.165) is 23.1 Å². The molecule has 6 heteroatoms. The maximum Gasteiger partial charge on any atom is 0.309 e. The maximum atomic E-state index is 11.8. The number of anilines is 1. The Kier molecular flexibility index (Phi) is 5.27.